The molecule has 1 unspecified atom stereocenters. The third-order valence-electron chi connectivity index (χ3n) is 9.59. The van der Waals surface area contributed by atoms with Gasteiger partial charge in [0.1, 0.15) is 5.41 Å². The maximum Gasteiger partial charge on any atom is 0.335 e. The molecule has 15 nitrogen and oxygen atoms in total. The number of ether oxygens (including phenoxy) is 4. The van der Waals surface area contributed by atoms with Crippen LogP contribution in [0.5, 0.6) is 0 Å². The predicted molar refractivity (Wildman–Crippen MR) is 204 cm³/mol. The molecule has 1 aliphatic rings. The molecule has 0 saturated carbocycles. The fraction of sp³-hybridized carbons (Fsp3) is 0.850. The van der Waals surface area contributed by atoms with Crippen molar-refractivity contribution in [3.8, 4) is 0 Å². The lowest BCUT2D eigenvalue weighted by molar-refractivity contribution is -0.198. The van der Waals surface area contributed by atoms with Crippen LogP contribution in [0.15, 0.2) is 0 Å². The van der Waals surface area contributed by atoms with Gasteiger partial charge in [-0.05, 0) is 19.3 Å². The Labute approximate surface area is 327 Å². The number of nitrogens with one attached hydrogen (secondary N) is 1. The van der Waals surface area contributed by atoms with Crippen molar-refractivity contribution >= 4 is 35.6 Å². The van der Waals surface area contributed by atoms with Gasteiger partial charge in [-0.3, -0.25) is 24.0 Å². The Morgan fingerprint density at radius 3 is 1.45 bits per heavy atom. The summed E-state index contributed by atoms with van der Waals surface area (Å²) in [6.45, 7) is 4.48. The van der Waals surface area contributed by atoms with E-state index in [0.29, 0.717) is 63.6 Å². The van der Waals surface area contributed by atoms with E-state index in [9.17, 15) is 33.9 Å². The van der Waals surface area contributed by atoms with E-state index in [1.165, 1.54) is 32.1 Å². The van der Waals surface area contributed by atoms with Gasteiger partial charge < -0.3 is 39.3 Å². The molecule has 3 amide bonds. The molecule has 55 heavy (non-hydrogen) atoms. The molecule has 1 fully saturated rings. The van der Waals surface area contributed by atoms with E-state index in [1.807, 2.05) is 0 Å². The van der Waals surface area contributed by atoms with Crippen molar-refractivity contribution in [2.75, 3.05) is 59.4 Å². The summed E-state index contributed by atoms with van der Waals surface area (Å²) in [6.07, 6.45) is 17.8. The SMILES string of the molecule is CCCCCCCCCCCC(CCCCCCCCCCC(=O)O)(C(=O)O)C(=O)NCCOCCOCCOCCOCCC(=O)ON1C(=O)CCC1=O. The molecule has 0 radical (unpaired) electrons. The van der Waals surface area contributed by atoms with E-state index in [1.54, 1.807) is 0 Å². The molecule has 1 aliphatic heterocycles. The van der Waals surface area contributed by atoms with Gasteiger partial charge in [-0.1, -0.05) is 110 Å². The predicted octanol–water partition coefficient (Wildman–Crippen LogP) is 6.14. The van der Waals surface area contributed by atoms with Crippen LogP contribution < -0.4 is 5.32 Å². The molecule has 1 rings (SSSR count). The Morgan fingerprint density at radius 1 is 0.582 bits per heavy atom. The number of aliphatic carboxylic acids is 2. The van der Waals surface area contributed by atoms with Gasteiger partial charge in [-0.25, -0.2) is 4.79 Å². The number of amides is 3. The van der Waals surface area contributed by atoms with Crippen molar-refractivity contribution in [1.82, 2.24) is 10.4 Å². The molecule has 0 bridgehead atoms. The van der Waals surface area contributed by atoms with Crippen LogP contribution in [-0.4, -0.2) is 110 Å². The van der Waals surface area contributed by atoms with Crippen molar-refractivity contribution in [3.05, 3.63) is 0 Å². The fourth-order valence-corrected chi connectivity index (χ4v) is 6.29. The first kappa shape index (κ1) is 49.9. The lowest BCUT2D eigenvalue weighted by Crippen LogP contribution is -2.47. The number of rotatable bonds is 39. The van der Waals surface area contributed by atoms with Gasteiger partial charge in [0, 0.05) is 25.8 Å². The molecular formula is C40H70N2O13. The normalized spacial score (nSPS) is 13.9. The average Bonchev–Trinajstić information content (AvgIpc) is 3.47. The van der Waals surface area contributed by atoms with Gasteiger partial charge >= 0.3 is 17.9 Å². The van der Waals surface area contributed by atoms with Gasteiger partial charge in [0.2, 0.25) is 5.91 Å². The highest BCUT2D eigenvalue weighted by Crippen LogP contribution is 2.33. The summed E-state index contributed by atoms with van der Waals surface area (Å²) in [5.74, 6) is -4.06. The van der Waals surface area contributed by atoms with Crippen LogP contribution in [-0.2, 0) is 52.6 Å². The summed E-state index contributed by atoms with van der Waals surface area (Å²) in [4.78, 5) is 76.2. The molecule has 0 aromatic rings. The highest BCUT2D eigenvalue weighted by Gasteiger charge is 2.44. The third-order valence-corrected chi connectivity index (χ3v) is 9.59. The lowest BCUT2D eigenvalue weighted by Gasteiger charge is -2.28. The van der Waals surface area contributed by atoms with Gasteiger partial charge in [0.15, 0.2) is 0 Å². The Hall–Kier alpha value is -3.14. The Bertz CT molecular complexity index is 1070. The van der Waals surface area contributed by atoms with Crippen LogP contribution in [0.1, 0.15) is 155 Å². The van der Waals surface area contributed by atoms with E-state index in [4.69, 9.17) is 28.9 Å². The van der Waals surface area contributed by atoms with E-state index in [2.05, 4.69) is 12.2 Å². The quantitative estimate of drug-likeness (QED) is 0.0364. The number of hydrogen-bond donors (Lipinski definition) is 3. The Kier molecular flexibility index (Phi) is 30.0. The van der Waals surface area contributed by atoms with Crippen molar-refractivity contribution in [1.29, 1.82) is 0 Å². The number of hydroxylamine groups is 2. The van der Waals surface area contributed by atoms with Crippen LogP contribution >= 0.6 is 0 Å². The fourth-order valence-electron chi connectivity index (χ4n) is 6.29. The van der Waals surface area contributed by atoms with Gasteiger partial charge in [-0.2, -0.15) is 0 Å². The highest BCUT2D eigenvalue weighted by molar-refractivity contribution is 6.02. The number of unbranched alkanes of at least 4 members (excludes halogenated alkanes) is 15. The van der Waals surface area contributed by atoms with E-state index < -0.39 is 41.0 Å². The van der Waals surface area contributed by atoms with Crippen molar-refractivity contribution in [2.24, 2.45) is 5.41 Å². The third kappa shape index (κ3) is 24.9. The molecule has 15 heteroatoms. The second-order valence-electron chi connectivity index (χ2n) is 14.2. The minimum atomic E-state index is -1.46. The number of nitrogens with zero attached hydrogens (tertiary/aromatic N) is 1. The zero-order chi connectivity index (χ0) is 40.4. The molecule has 0 aromatic heterocycles. The van der Waals surface area contributed by atoms with E-state index >= 15 is 0 Å². The average molecular weight is 787 g/mol. The summed E-state index contributed by atoms with van der Waals surface area (Å²) in [5, 5.41) is 22.5. The molecule has 0 aromatic carbocycles. The van der Waals surface area contributed by atoms with Crippen molar-refractivity contribution in [3.63, 3.8) is 0 Å². The van der Waals surface area contributed by atoms with E-state index in [-0.39, 0.29) is 58.7 Å². The minimum Gasteiger partial charge on any atom is -0.481 e. The summed E-state index contributed by atoms with van der Waals surface area (Å²) in [7, 11) is 0. The Morgan fingerprint density at radius 2 is 1.00 bits per heavy atom. The zero-order valence-corrected chi connectivity index (χ0v) is 33.5. The number of carbonyl (C=O) groups is 6. The monoisotopic (exact) mass is 786 g/mol. The molecule has 3 N–H and O–H groups in total. The molecular weight excluding hydrogens is 716 g/mol. The second-order valence-corrected chi connectivity index (χ2v) is 14.2. The zero-order valence-electron chi connectivity index (χ0n) is 33.5. The standard InChI is InChI=1S/C40H70N2O13/c1-2-3-4-5-6-8-11-14-17-23-40(39(49)50,24-18-15-12-9-7-10-13-16-19-36(45)46)38(48)41-25-27-52-29-31-54-33-32-53-30-28-51-26-22-37(47)55-42-34(43)20-21-35(42)44/h2-33H2,1H3,(H,41,48)(H,45,46)(H,49,50). The highest BCUT2D eigenvalue weighted by atomic mass is 16.7. The largest absolute Gasteiger partial charge is 0.481 e. The van der Waals surface area contributed by atoms with Crippen LogP contribution in [0, 0.1) is 5.41 Å². The number of carbonyl (C=O) groups excluding carboxylic acids is 4. The number of imide groups is 1. The summed E-state index contributed by atoms with van der Waals surface area (Å²) in [6, 6.07) is 0. The van der Waals surface area contributed by atoms with Gasteiger partial charge in [0.25, 0.3) is 11.8 Å². The summed E-state index contributed by atoms with van der Waals surface area (Å²) < 4.78 is 21.8. The molecule has 1 heterocycles. The van der Waals surface area contributed by atoms with Crippen molar-refractivity contribution < 1.29 is 62.8 Å². The molecule has 0 aliphatic carbocycles. The van der Waals surface area contributed by atoms with Crippen LogP contribution in [0.25, 0.3) is 0 Å². The van der Waals surface area contributed by atoms with Crippen LogP contribution in [0.3, 0.4) is 0 Å². The van der Waals surface area contributed by atoms with Crippen LogP contribution in [0.2, 0.25) is 0 Å². The molecule has 0 spiro atoms. The first-order valence-electron chi connectivity index (χ1n) is 20.7. The first-order valence-corrected chi connectivity index (χ1v) is 20.7. The maximum atomic E-state index is 13.4. The number of hydrogen-bond acceptors (Lipinski definition) is 11. The maximum absolute atomic E-state index is 13.4. The first-order chi connectivity index (χ1) is 26.6. The minimum absolute atomic E-state index is 0.0394. The molecule has 1 saturated heterocycles. The van der Waals surface area contributed by atoms with Gasteiger partial charge in [-0.15, -0.1) is 5.06 Å². The van der Waals surface area contributed by atoms with Crippen molar-refractivity contribution in [2.45, 2.75) is 155 Å². The lowest BCUT2D eigenvalue weighted by atomic mass is 9.76. The smallest absolute Gasteiger partial charge is 0.335 e. The molecule has 1 atom stereocenters. The van der Waals surface area contributed by atoms with Gasteiger partial charge in [0.05, 0.1) is 59.3 Å². The summed E-state index contributed by atoms with van der Waals surface area (Å²) in [5.41, 5.74) is -1.46. The second kappa shape index (κ2) is 33.0. The Balaban J connectivity index is 2.26. The number of carboxylic acids is 2. The van der Waals surface area contributed by atoms with E-state index in [0.717, 1.165) is 57.8 Å². The van der Waals surface area contributed by atoms with Crippen LogP contribution in [0.4, 0.5) is 0 Å². The topological polar surface area (TPSA) is 204 Å². The summed E-state index contributed by atoms with van der Waals surface area (Å²) >= 11 is 0. The number of carboxylic acid groups (broad SMARTS) is 2. The molecule has 318 valence electrons.